The normalized spacial score (nSPS) is 12.9. The number of carboxylic acids is 1. The lowest BCUT2D eigenvalue weighted by Crippen LogP contribution is -2.32. The van der Waals surface area contributed by atoms with Crippen molar-refractivity contribution in [3.63, 3.8) is 0 Å². The molecule has 0 unspecified atom stereocenters. The molecule has 0 saturated heterocycles. The van der Waals surface area contributed by atoms with Crippen molar-refractivity contribution in [2.75, 3.05) is 7.11 Å². The van der Waals surface area contributed by atoms with E-state index in [9.17, 15) is 28.6 Å². The fourth-order valence-electron chi connectivity index (χ4n) is 4.13. The highest BCUT2D eigenvalue weighted by atomic mass is 19.2. The highest BCUT2D eigenvalue weighted by molar-refractivity contribution is 5.78. The molecule has 2 N–H and O–H groups in total. The van der Waals surface area contributed by atoms with E-state index < -0.39 is 35.2 Å². The van der Waals surface area contributed by atoms with E-state index in [1.165, 1.54) is 13.2 Å². The summed E-state index contributed by atoms with van der Waals surface area (Å²) in [5, 5.41) is 28.5. The Labute approximate surface area is 210 Å². The molecule has 0 radical (unpaired) electrons. The van der Waals surface area contributed by atoms with Crippen molar-refractivity contribution in [3.05, 3.63) is 88.2 Å². The molecule has 0 fully saturated rings. The Morgan fingerprint density at radius 2 is 1.73 bits per heavy atom. The molecular formula is C27H25F2N3O5. The van der Waals surface area contributed by atoms with Crippen molar-refractivity contribution >= 4 is 16.9 Å². The van der Waals surface area contributed by atoms with Crippen LogP contribution in [0.5, 0.6) is 5.75 Å². The summed E-state index contributed by atoms with van der Waals surface area (Å²) in [6.45, 7) is -0.0231. The van der Waals surface area contributed by atoms with E-state index in [0.717, 1.165) is 22.4 Å². The van der Waals surface area contributed by atoms with Crippen LogP contribution in [0.3, 0.4) is 0 Å². The predicted octanol–water partition coefficient (Wildman–Crippen LogP) is 3.83. The number of halogens is 2. The summed E-state index contributed by atoms with van der Waals surface area (Å²) >= 11 is 0. The maximum absolute atomic E-state index is 13.5. The van der Waals surface area contributed by atoms with Crippen molar-refractivity contribution in [3.8, 4) is 16.9 Å². The molecule has 0 aliphatic rings. The van der Waals surface area contributed by atoms with Crippen molar-refractivity contribution < 1.29 is 28.5 Å². The fourth-order valence-corrected chi connectivity index (χ4v) is 4.13. The van der Waals surface area contributed by atoms with E-state index >= 15 is 0 Å². The summed E-state index contributed by atoms with van der Waals surface area (Å²) < 4.78 is 32.9. The summed E-state index contributed by atoms with van der Waals surface area (Å²) in [7, 11) is 1.50. The molecule has 8 nitrogen and oxygen atoms in total. The van der Waals surface area contributed by atoms with E-state index in [1.807, 2.05) is 0 Å². The molecule has 1 heterocycles. The number of carboxylic acid groups (broad SMARTS) is 1. The van der Waals surface area contributed by atoms with Gasteiger partial charge in [0, 0.05) is 12.6 Å². The number of fused-ring (bicyclic) bond motifs is 1. The monoisotopic (exact) mass is 509 g/mol. The molecule has 0 saturated carbocycles. The van der Waals surface area contributed by atoms with Gasteiger partial charge in [-0.1, -0.05) is 35.5 Å². The summed E-state index contributed by atoms with van der Waals surface area (Å²) in [6.07, 6.45) is -0.584. The van der Waals surface area contributed by atoms with Crippen LogP contribution in [-0.2, 0) is 17.8 Å². The van der Waals surface area contributed by atoms with Crippen LogP contribution in [0.25, 0.3) is 22.0 Å². The number of hydrogen-bond acceptors (Lipinski definition) is 6. The maximum Gasteiger partial charge on any atom is 0.309 e. The number of aryl methyl sites for hydroxylation is 2. The Bertz CT molecular complexity index is 1470. The molecule has 4 aromatic rings. The summed E-state index contributed by atoms with van der Waals surface area (Å²) in [5.41, 5.74) is 2.04. The fraction of sp³-hybridized carbons (Fsp3) is 0.259. The summed E-state index contributed by atoms with van der Waals surface area (Å²) in [4.78, 5) is 24.6. The first kappa shape index (κ1) is 25.9. The molecule has 2 atom stereocenters. The number of carbonyl (C=O) groups is 1. The minimum absolute atomic E-state index is 0.0121. The molecule has 0 aliphatic carbocycles. The standard InChI is InChI=1S/C27H25F2N3O5/c1-37-19-8-9-20-24(15-19)30-31-32(26(20)34)13-12-21(27(35)36)25(33)11-4-16-2-5-17(6-3-16)18-7-10-22(28)23(29)14-18/h2-3,5-10,14-15,21,25,33H,4,11-13H2,1H3,(H,35,36)/t21-,25+/m0/s1. The zero-order chi connectivity index (χ0) is 26.5. The van der Waals surface area contributed by atoms with Gasteiger partial charge in [0.05, 0.1) is 24.5 Å². The smallest absolute Gasteiger partial charge is 0.309 e. The third-order valence-electron chi connectivity index (χ3n) is 6.30. The van der Waals surface area contributed by atoms with E-state index in [2.05, 4.69) is 10.3 Å². The van der Waals surface area contributed by atoms with Gasteiger partial charge in [0.2, 0.25) is 0 Å². The van der Waals surface area contributed by atoms with Gasteiger partial charge in [0.25, 0.3) is 5.56 Å². The topological polar surface area (TPSA) is 115 Å². The lowest BCUT2D eigenvalue weighted by Gasteiger charge is -2.19. The van der Waals surface area contributed by atoms with Crippen LogP contribution < -0.4 is 10.3 Å². The number of benzene rings is 3. The molecule has 10 heteroatoms. The zero-order valence-corrected chi connectivity index (χ0v) is 20.0. The molecule has 4 rings (SSSR count). The lowest BCUT2D eigenvalue weighted by molar-refractivity contribution is -0.146. The van der Waals surface area contributed by atoms with Crippen LogP contribution in [0, 0.1) is 17.6 Å². The SMILES string of the molecule is COc1ccc2c(=O)n(CC[C@H](C(=O)O)[C@H](O)CCc3ccc(-c4ccc(F)c(F)c4)cc3)nnc2c1. The highest BCUT2D eigenvalue weighted by Gasteiger charge is 2.26. The molecule has 37 heavy (non-hydrogen) atoms. The van der Waals surface area contributed by atoms with E-state index in [-0.39, 0.29) is 19.4 Å². The van der Waals surface area contributed by atoms with Crippen molar-refractivity contribution in [2.24, 2.45) is 5.92 Å². The molecule has 0 aliphatic heterocycles. The maximum atomic E-state index is 13.5. The third kappa shape index (κ3) is 5.97. The number of aromatic nitrogens is 3. The van der Waals surface area contributed by atoms with Gasteiger partial charge in [-0.2, -0.15) is 0 Å². The Morgan fingerprint density at radius 3 is 2.41 bits per heavy atom. The lowest BCUT2D eigenvalue weighted by atomic mass is 9.93. The van der Waals surface area contributed by atoms with E-state index in [1.54, 1.807) is 42.5 Å². The first-order valence-electron chi connectivity index (χ1n) is 11.6. The zero-order valence-electron chi connectivity index (χ0n) is 20.0. The second-order valence-corrected chi connectivity index (χ2v) is 8.67. The first-order valence-corrected chi connectivity index (χ1v) is 11.6. The third-order valence-corrected chi connectivity index (χ3v) is 6.30. The largest absolute Gasteiger partial charge is 0.497 e. The molecule has 0 bridgehead atoms. The molecule has 3 aromatic carbocycles. The minimum atomic E-state index is -1.17. The molecule has 1 aromatic heterocycles. The molecular weight excluding hydrogens is 484 g/mol. The number of ether oxygens (including phenoxy) is 1. The van der Waals surface area contributed by atoms with Crippen LogP contribution in [-0.4, -0.2) is 44.4 Å². The second kappa shape index (κ2) is 11.3. The van der Waals surface area contributed by atoms with Crippen LogP contribution in [0.1, 0.15) is 18.4 Å². The number of aliphatic carboxylic acids is 1. The minimum Gasteiger partial charge on any atom is -0.497 e. The van der Waals surface area contributed by atoms with E-state index in [4.69, 9.17) is 4.74 Å². The number of rotatable bonds is 10. The van der Waals surface area contributed by atoms with Gasteiger partial charge >= 0.3 is 5.97 Å². The van der Waals surface area contributed by atoms with Crippen LogP contribution >= 0.6 is 0 Å². The van der Waals surface area contributed by atoms with Crippen molar-refractivity contribution in [1.29, 1.82) is 0 Å². The van der Waals surface area contributed by atoms with Gasteiger partial charge < -0.3 is 14.9 Å². The van der Waals surface area contributed by atoms with Gasteiger partial charge in [0.1, 0.15) is 11.3 Å². The number of aliphatic hydroxyl groups excluding tert-OH is 1. The molecule has 0 spiro atoms. The molecule has 192 valence electrons. The number of nitrogens with zero attached hydrogens (tertiary/aromatic N) is 3. The van der Waals surface area contributed by atoms with Crippen molar-refractivity contribution in [2.45, 2.75) is 31.9 Å². The average Bonchev–Trinajstić information content (AvgIpc) is 2.90. The molecule has 0 amide bonds. The average molecular weight is 510 g/mol. The quantitative estimate of drug-likeness (QED) is 0.334. The van der Waals surface area contributed by atoms with Gasteiger partial charge in [-0.25, -0.2) is 13.5 Å². The Hall–Kier alpha value is -4.18. The van der Waals surface area contributed by atoms with E-state index in [0.29, 0.717) is 34.2 Å². The summed E-state index contributed by atoms with van der Waals surface area (Å²) in [6, 6.07) is 15.5. The van der Waals surface area contributed by atoms with Crippen LogP contribution in [0.4, 0.5) is 8.78 Å². The van der Waals surface area contributed by atoms with Gasteiger partial charge in [-0.05, 0) is 60.2 Å². The van der Waals surface area contributed by atoms with Crippen molar-refractivity contribution in [1.82, 2.24) is 15.0 Å². The van der Waals surface area contributed by atoms with Gasteiger partial charge in [-0.3, -0.25) is 9.59 Å². The number of aliphatic hydroxyl groups is 1. The second-order valence-electron chi connectivity index (χ2n) is 8.67. The first-order chi connectivity index (χ1) is 17.8. The van der Waals surface area contributed by atoms with Gasteiger partial charge in [-0.15, -0.1) is 5.10 Å². The van der Waals surface area contributed by atoms with Gasteiger partial charge in [0.15, 0.2) is 11.6 Å². The van der Waals surface area contributed by atoms with Crippen LogP contribution in [0.2, 0.25) is 0 Å². The predicted molar refractivity (Wildman–Crippen MR) is 132 cm³/mol. The highest BCUT2D eigenvalue weighted by Crippen LogP contribution is 2.23. The summed E-state index contributed by atoms with van der Waals surface area (Å²) in [5.74, 6) is -3.59. The number of hydrogen-bond donors (Lipinski definition) is 2. The number of methoxy groups -OCH3 is 1. The Balaban J connectivity index is 1.38. The Morgan fingerprint density at radius 1 is 1.00 bits per heavy atom. The Kier molecular flexibility index (Phi) is 7.88. The van der Waals surface area contributed by atoms with Crippen LogP contribution in [0.15, 0.2) is 65.5 Å².